The molecule has 0 amide bonds. The average Bonchev–Trinajstić information content (AvgIpc) is 2.46. The van der Waals surface area contributed by atoms with Gasteiger partial charge in [-0.3, -0.25) is 4.79 Å². The zero-order valence-electron chi connectivity index (χ0n) is 12.2. The Hall–Kier alpha value is -2.82. The molecule has 0 saturated heterocycles. The molecule has 0 fully saturated rings. The number of fused-ring (bicyclic) bond motifs is 1. The van der Waals surface area contributed by atoms with E-state index >= 15 is 0 Å². The van der Waals surface area contributed by atoms with E-state index in [4.69, 9.17) is 14.2 Å². The van der Waals surface area contributed by atoms with E-state index in [9.17, 15) is 9.59 Å². The number of hydrogen-bond donors (Lipinski definition) is 0. The van der Waals surface area contributed by atoms with Gasteiger partial charge in [0.25, 0.3) is 0 Å². The maximum atomic E-state index is 11.9. The second-order valence-electron chi connectivity index (χ2n) is 5.34. The standard InChI is InChI=1S/C17H14O5/c1-17(2)21-15-9-13(7-8-14(15)16(19)22-17)20-12-5-3-11(10-18)4-6-12/h3-10H,1-2H3. The van der Waals surface area contributed by atoms with Crippen LogP contribution in [-0.4, -0.2) is 18.0 Å². The van der Waals surface area contributed by atoms with Crippen molar-refractivity contribution in [3.05, 3.63) is 53.6 Å². The van der Waals surface area contributed by atoms with Crippen LogP contribution >= 0.6 is 0 Å². The molecule has 0 unspecified atom stereocenters. The third-order valence-electron chi connectivity index (χ3n) is 3.12. The van der Waals surface area contributed by atoms with Crippen molar-refractivity contribution >= 4 is 12.3 Å². The summed E-state index contributed by atoms with van der Waals surface area (Å²) >= 11 is 0. The van der Waals surface area contributed by atoms with E-state index in [1.165, 1.54) is 0 Å². The molecule has 0 bridgehead atoms. The Morgan fingerprint density at radius 1 is 1.00 bits per heavy atom. The molecular weight excluding hydrogens is 284 g/mol. The third kappa shape index (κ3) is 2.79. The van der Waals surface area contributed by atoms with Crippen LogP contribution in [0.4, 0.5) is 0 Å². The predicted octanol–water partition coefficient (Wildman–Crippen LogP) is 3.58. The highest BCUT2D eigenvalue weighted by atomic mass is 16.7. The largest absolute Gasteiger partial charge is 0.457 e. The minimum Gasteiger partial charge on any atom is -0.457 e. The summed E-state index contributed by atoms with van der Waals surface area (Å²) in [6.07, 6.45) is 0.768. The number of carbonyl (C=O) groups is 2. The summed E-state index contributed by atoms with van der Waals surface area (Å²) in [5.74, 6) is 0.108. The van der Waals surface area contributed by atoms with Crippen LogP contribution in [0.25, 0.3) is 0 Å². The molecule has 5 heteroatoms. The van der Waals surface area contributed by atoms with Crippen LogP contribution in [0.5, 0.6) is 17.2 Å². The minimum absolute atomic E-state index is 0.364. The van der Waals surface area contributed by atoms with Crippen molar-refractivity contribution in [3.8, 4) is 17.2 Å². The molecule has 22 heavy (non-hydrogen) atoms. The Labute approximate surface area is 127 Å². The van der Waals surface area contributed by atoms with Gasteiger partial charge in [0.2, 0.25) is 5.79 Å². The van der Waals surface area contributed by atoms with Gasteiger partial charge in [0.05, 0.1) is 0 Å². The SMILES string of the molecule is CC1(C)OC(=O)c2ccc(Oc3ccc(C=O)cc3)cc2O1. The lowest BCUT2D eigenvalue weighted by molar-refractivity contribution is -0.127. The van der Waals surface area contributed by atoms with Crippen LogP contribution in [0.1, 0.15) is 34.6 Å². The second-order valence-corrected chi connectivity index (χ2v) is 5.34. The predicted molar refractivity (Wildman–Crippen MR) is 78.5 cm³/mol. The lowest BCUT2D eigenvalue weighted by Gasteiger charge is -2.31. The fourth-order valence-corrected chi connectivity index (χ4v) is 2.13. The van der Waals surface area contributed by atoms with Crippen LogP contribution in [-0.2, 0) is 4.74 Å². The average molecular weight is 298 g/mol. The molecule has 2 aromatic rings. The van der Waals surface area contributed by atoms with Crippen LogP contribution in [0.3, 0.4) is 0 Å². The van der Waals surface area contributed by atoms with Gasteiger partial charge in [-0.1, -0.05) is 0 Å². The Morgan fingerprint density at radius 2 is 1.68 bits per heavy atom. The van der Waals surface area contributed by atoms with Gasteiger partial charge in [0.1, 0.15) is 29.1 Å². The van der Waals surface area contributed by atoms with Gasteiger partial charge in [0.15, 0.2) is 0 Å². The summed E-state index contributed by atoms with van der Waals surface area (Å²) in [6.45, 7) is 3.33. The lowest BCUT2D eigenvalue weighted by atomic mass is 10.1. The number of rotatable bonds is 3. The molecule has 0 radical (unpaired) electrons. The molecule has 0 aromatic heterocycles. The van der Waals surface area contributed by atoms with E-state index in [1.807, 2.05) is 0 Å². The van der Waals surface area contributed by atoms with Crippen LogP contribution in [0.2, 0.25) is 0 Å². The monoisotopic (exact) mass is 298 g/mol. The normalized spacial score (nSPS) is 15.3. The van der Waals surface area contributed by atoms with E-state index in [-0.39, 0.29) is 0 Å². The van der Waals surface area contributed by atoms with E-state index in [0.717, 1.165) is 6.29 Å². The fraction of sp³-hybridized carbons (Fsp3) is 0.176. The number of benzene rings is 2. The maximum Gasteiger partial charge on any atom is 0.345 e. The van der Waals surface area contributed by atoms with E-state index in [0.29, 0.717) is 28.4 Å². The van der Waals surface area contributed by atoms with Gasteiger partial charge in [-0.25, -0.2) is 4.79 Å². The summed E-state index contributed by atoms with van der Waals surface area (Å²) in [5.41, 5.74) is 0.939. The molecule has 0 saturated carbocycles. The smallest absolute Gasteiger partial charge is 0.345 e. The molecule has 112 valence electrons. The molecule has 2 aromatic carbocycles. The Balaban J connectivity index is 1.86. The van der Waals surface area contributed by atoms with Gasteiger partial charge < -0.3 is 14.2 Å². The van der Waals surface area contributed by atoms with Crippen LogP contribution < -0.4 is 9.47 Å². The van der Waals surface area contributed by atoms with Gasteiger partial charge in [0, 0.05) is 25.5 Å². The highest BCUT2D eigenvalue weighted by molar-refractivity contribution is 5.93. The van der Waals surface area contributed by atoms with Gasteiger partial charge in [-0.15, -0.1) is 0 Å². The first kappa shape index (κ1) is 14.1. The summed E-state index contributed by atoms with van der Waals surface area (Å²) in [7, 11) is 0. The topological polar surface area (TPSA) is 61.8 Å². The molecule has 1 aliphatic heterocycles. The maximum absolute atomic E-state index is 11.9. The van der Waals surface area contributed by atoms with Crippen molar-refractivity contribution in [3.63, 3.8) is 0 Å². The van der Waals surface area contributed by atoms with Crippen molar-refractivity contribution in [1.29, 1.82) is 0 Å². The first-order valence-electron chi connectivity index (χ1n) is 6.76. The van der Waals surface area contributed by atoms with Crippen LogP contribution in [0, 0.1) is 0 Å². The highest BCUT2D eigenvalue weighted by Gasteiger charge is 2.33. The zero-order chi connectivity index (χ0) is 15.7. The summed E-state index contributed by atoms with van der Waals surface area (Å²) in [6, 6.07) is 11.6. The number of esters is 1. The first-order chi connectivity index (χ1) is 10.5. The summed E-state index contributed by atoms with van der Waals surface area (Å²) in [4.78, 5) is 22.5. The van der Waals surface area contributed by atoms with Crippen molar-refractivity contribution in [1.82, 2.24) is 0 Å². The Bertz CT molecular complexity index is 731. The van der Waals surface area contributed by atoms with E-state index in [1.54, 1.807) is 56.3 Å². The summed E-state index contributed by atoms with van der Waals surface area (Å²) in [5, 5.41) is 0. The number of hydrogen-bond acceptors (Lipinski definition) is 5. The molecule has 0 N–H and O–H groups in total. The third-order valence-corrected chi connectivity index (χ3v) is 3.12. The number of cyclic esters (lactones) is 1. The quantitative estimate of drug-likeness (QED) is 0.640. The molecule has 0 aliphatic carbocycles. The fourth-order valence-electron chi connectivity index (χ4n) is 2.13. The van der Waals surface area contributed by atoms with Crippen LogP contribution in [0.15, 0.2) is 42.5 Å². The molecule has 1 heterocycles. The zero-order valence-corrected chi connectivity index (χ0v) is 12.2. The minimum atomic E-state index is -1.01. The molecule has 5 nitrogen and oxygen atoms in total. The van der Waals surface area contributed by atoms with Crippen molar-refractivity contribution in [2.24, 2.45) is 0 Å². The highest BCUT2D eigenvalue weighted by Crippen LogP contribution is 2.35. The van der Waals surface area contributed by atoms with E-state index in [2.05, 4.69) is 0 Å². The summed E-state index contributed by atoms with van der Waals surface area (Å²) < 4.78 is 16.5. The second kappa shape index (κ2) is 5.18. The lowest BCUT2D eigenvalue weighted by Crippen LogP contribution is -2.38. The van der Waals surface area contributed by atoms with Crippen molar-refractivity contribution in [2.75, 3.05) is 0 Å². The number of carbonyl (C=O) groups excluding carboxylic acids is 2. The van der Waals surface area contributed by atoms with Crippen molar-refractivity contribution in [2.45, 2.75) is 19.6 Å². The van der Waals surface area contributed by atoms with Crippen molar-refractivity contribution < 1.29 is 23.8 Å². The molecular formula is C17H14O5. The molecule has 3 rings (SSSR count). The molecule has 0 atom stereocenters. The molecule has 0 spiro atoms. The van der Waals surface area contributed by atoms with Gasteiger partial charge in [-0.05, 0) is 36.4 Å². The number of aldehydes is 1. The number of ether oxygens (including phenoxy) is 3. The first-order valence-corrected chi connectivity index (χ1v) is 6.76. The van der Waals surface area contributed by atoms with Gasteiger partial charge >= 0.3 is 5.97 Å². The Morgan fingerprint density at radius 3 is 2.36 bits per heavy atom. The Kier molecular flexibility index (Phi) is 3.33. The van der Waals surface area contributed by atoms with Gasteiger partial charge in [-0.2, -0.15) is 0 Å². The van der Waals surface area contributed by atoms with E-state index < -0.39 is 11.8 Å². The molecule has 1 aliphatic rings.